The second-order valence-electron chi connectivity index (χ2n) is 5.13. The lowest BCUT2D eigenvalue weighted by molar-refractivity contribution is -0.142. The van der Waals surface area contributed by atoms with E-state index in [-0.39, 0.29) is 38.7 Å². The van der Waals surface area contributed by atoms with E-state index >= 15 is 0 Å². The van der Waals surface area contributed by atoms with Gasteiger partial charge in [-0.15, -0.1) is 0 Å². The van der Waals surface area contributed by atoms with Gasteiger partial charge in [0.25, 0.3) is 16.1 Å². The minimum absolute atomic E-state index is 0.144. The fourth-order valence-corrected chi connectivity index (χ4v) is 3.18. The molecule has 2 aliphatic rings. The van der Waals surface area contributed by atoms with E-state index in [4.69, 9.17) is 14.6 Å². The Morgan fingerprint density at radius 1 is 1.14 bits per heavy atom. The molecule has 120 valence electrons. The van der Waals surface area contributed by atoms with Gasteiger partial charge in [0, 0.05) is 26.2 Å². The molecule has 0 aliphatic carbocycles. The number of nitrogens with zero attached hydrogens (tertiary/aromatic N) is 2. The van der Waals surface area contributed by atoms with Crippen LogP contribution in [0.3, 0.4) is 0 Å². The van der Waals surface area contributed by atoms with Crippen molar-refractivity contribution in [2.45, 2.75) is 6.10 Å². The first-order valence-corrected chi connectivity index (χ1v) is 8.40. The van der Waals surface area contributed by atoms with Crippen LogP contribution in [0.1, 0.15) is 0 Å². The zero-order valence-corrected chi connectivity index (χ0v) is 12.7. The normalized spacial score (nSPS) is 22.4. The van der Waals surface area contributed by atoms with Gasteiger partial charge in [-0.25, -0.2) is 5.14 Å². The van der Waals surface area contributed by atoms with Gasteiger partial charge in [0.2, 0.25) is 6.10 Å². The predicted molar refractivity (Wildman–Crippen MR) is 77.6 cm³/mol. The zero-order chi connectivity index (χ0) is 15.7. The highest BCUT2D eigenvalue weighted by Gasteiger charge is 2.34. The zero-order valence-electron chi connectivity index (χ0n) is 11.8. The summed E-state index contributed by atoms with van der Waals surface area (Å²) in [6, 6.07) is 7.16. The molecular weight excluding hydrogens is 310 g/mol. The third kappa shape index (κ3) is 3.01. The maximum atomic E-state index is 12.4. The molecule has 1 fully saturated rings. The topological polar surface area (TPSA) is 102 Å². The Bertz CT molecular complexity index is 670. The summed E-state index contributed by atoms with van der Waals surface area (Å²) in [7, 11) is -3.70. The van der Waals surface area contributed by atoms with Crippen LogP contribution in [0.15, 0.2) is 24.3 Å². The summed E-state index contributed by atoms with van der Waals surface area (Å²) in [6.45, 7) is 1.10. The van der Waals surface area contributed by atoms with E-state index in [1.165, 1.54) is 0 Å². The molecule has 1 amide bonds. The van der Waals surface area contributed by atoms with E-state index in [0.29, 0.717) is 11.5 Å². The number of hydrogen-bond acceptors (Lipinski definition) is 5. The van der Waals surface area contributed by atoms with Crippen molar-refractivity contribution in [1.82, 2.24) is 9.21 Å². The first-order chi connectivity index (χ1) is 10.4. The van der Waals surface area contributed by atoms with Crippen molar-refractivity contribution >= 4 is 16.1 Å². The van der Waals surface area contributed by atoms with Crippen LogP contribution in [0.25, 0.3) is 0 Å². The number of para-hydroxylation sites is 2. The van der Waals surface area contributed by atoms with Crippen LogP contribution in [0.2, 0.25) is 0 Å². The van der Waals surface area contributed by atoms with Crippen molar-refractivity contribution in [3.63, 3.8) is 0 Å². The Morgan fingerprint density at radius 3 is 2.41 bits per heavy atom. The number of nitrogens with two attached hydrogens (primary N) is 1. The lowest BCUT2D eigenvalue weighted by atomic mass is 10.2. The minimum atomic E-state index is -3.70. The summed E-state index contributed by atoms with van der Waals surface area (Å²) in [5.41, 5.74) is 0. The molecule has 8 nitrogen and oxygen atoms in total. The molecule has 1 saturated heterocycles. The van der Waals surface area contributed by atoms with Gasteiger partial charge in [-0.1, -0.05) is 12.1 Å². The van der Waals surface area contributed by atoms with E-state index < -0.39 is 16.3 Å². The van der Waals surface area contributed by atoms with Gasteiger partial charge in [-0.05, 0) is 12.1 Å². The van der Waals surface area contributed by atoms with E-state index in [9.17, 15) is 13.2 Å². The number of benzene rings is 1. The smallest absolute Gasteiger partial charge is 0.277 e. The summed E-state index contributed by atoms with van der Waals surface area (Å²) >= 11 is 0. The van der Waals surface area contributed by atoms with Gasteiger partial charge < -0.3 is 14.4 Å². The van der Waals surface area contributed by atoms with Gasteiger partial charge in [0.15, 0.2) is 11.5 Å². The second-order valence-corrected chi connectivity index (χ2v) is 6.68. The van der Waals surface area contributed by atoms with E-state index in [2.05, 4.69) is 0 Å². The highest BCUT2D eigenvalue weighted by Crippen LogP contribution is 2.31. The third-order valence-electron chi connectivity index (χ3n) is 3.69. The SMILES string of the molecule is NS(=O)(=O)N1CCN(C(=O)[C@H]2COc3ccccc3O2)CC1. The summed E-state index contributed by atoms with van der Waals surface area (Å²) in [6.07, 6.45) is -0.712. The molecule has 2 aliphatic heterocycles. The number of rotatable bonds is 2. The number of ether oxygens (including phenoxy) is 2. The van der Waals surface area contributed by atoms with E-state index in [0.717, 1.165) is 4.31 Å². The molecule has 0 bridgehead atoms. The molecular formula is C13H17N3O5S. The second kappa shape index (κ2) is 5.75. The summed E-state index contributed by atoms with van der Waals surface area (Å²) in [5, 5.41) is 5.08. The van der Waals surface area contributed by atoms with Gasteiger partial charge >= 0.3 is 0 Å². The highest BCUT2D eigenvalue weighted by molar-refractivity contribution is 7.86. The van der Waals surface area contributed by atoms with Crippen LogP contribution in [0.4, 0.5) is 0 Å². The van der Waals surface area contributed by atoms with Crippen LogP contribution < -0.4 is 14.6 Å². The quantitative estimate of drug-likeness (QED) is 0.764. The first kappa shape index (κ1) is 15.1. The van der Waals surface area contributed by atoms with Crippen LogP contribution in [-0.2, 0) is 15.0 Å². The van der Waals surface area contributed by atoms with Gasteiger partial charge in [0.05, 0.1) is 0 Å². The molecule has 0 saturated carbocycles. The predicted octanol–water partition coefficient (Wildman–Crippen LogP) is -0.826. The van der Waals surface area contributed by atoms with Crippen molar-refractivity contribution in [2.75, 3.05) is 32.8 Å². The molecule has 1 aromatic rings. The third-order valence-corrected chi connectivity index (χ3v) is 4.78. The van der Waals surface area contributed by atoms with E-state index in [1.807, 2.05) is 6.07 Å². The van der Waals surface area contributed by atoms with Crippen molar-refractivity contribution in [3.8, 4) is 11.5 Å². The molecule has 2 heterocycles. The van der Waals surface area contributed by atoms with Gasteiger partial charge in [0.1, 0.15) is 6.61 Å². The van der Waals surface area contributed by atoms with Crippen molar-refractivity contribution in [2.24, 2.45) is 5.14 Å². The Morgan fingerprint density at radius 2 is 1.77 bits per heavy atom. The largest absolute Gasteiger partial charge is 0.485 e. The van der Waals surface area contributed by atoms with Crippen LogP contribution in [0.5, 0.6) is 11.5 Å². The molecule has 22 heavy (non-hydrogen) atoms. The standard InChI is InChI=1S/C13H17N3O5S/c14-22(18,19)16-7-5-15(6-8-16)13(17)12-9-20-10-3-1-2-4-11(10)21-12/h1-4,12H,5-9H2,(H2,14,18,19)/t12-/m1/s1. The monoisotopic (exact) mass is 327 g/mol. The summed E-state index contributed by atoms with van der Waals surface area (Å²) < 4.78 is 34.9. The fourth-order valence-electron chi connectivity index (χ4n) is 2.51. The Labute approximate surface area is 128 Å². The minimum Gasteiger partial charge on any atom is -0.485 e. The van der Waals surface area contributed by atoms with Crippen molar-refractivity contribution in [3.05, 3.63) is 24.3 Å². The van der Waals surface area contributed by atoms with Gasteiger partial charge in [-0.3, -0.25) is 4.79 Å². The van der Waals surface area contributed by atoms with E-state index in [1.54, 1.807) is 23.1 Å². The molecule has 1 atom stereocenters. The number of hydrogen-bond donors (Lipinski definition) is 1. The van der Waals surface area contributed by atoms with Crippen LogP contribution in [-0.4, -0.2) is 62.4 Å². The first-order valence-electron chi connectivity index (χ1n) is 6.90. The number of fused-ring (bicyclic) bond motifs is 1. The highest BCUT2D eigenvalue weighted by atomic mass is 32.2. The molecule has 1 aromatic carbocycles. The summed E-state index contributed by atoms with van der Waals surface area (Å²) in [5.74, 6) is 0.949. The maximum Gasteiger partial charge on any atom is 0.277 e. The van der Waals surface area contributed by atoms with Crippen LogP contribution in [0, 0.1) is 0 Å². The Balaban J connectivity index is 1.62. The lowest BCUT2D eigenvalue weighted by Gasteiger charge is -2.35. The molecule has 0 unspecified atom stereocenters. The maximum absolute atomic E-state index is 12.4. The lowest BCUT2D eigenvalue weighted by Crippen LogP contribution is -2.56. The molecule has 0 spiro atoms. The van der Waals surface area contributed by atoms with Gasteiger partial charge in [-0.2, -0.15) is 12.7 Å². The van der Waals surface area contributed by atoms with Crippen molar-refractivity contribution in [1.29, 1.82) is 0 Å². The number of carbonyl (C=O) groups excluding carboxylic acids is 1. The average Bonchev–Trinajstić information content (AvgIpc) is 2.53. The molecule has 3 rings (SSSR count). The number of carbonyl (C=O) groups is 1. The number of amides is 1. The molecule has 9 heteroatoms. The summed E-state index contributed by atoms with van der Waals surface area (Å²) in [4.78, 5) is 14.0. The molecule has 2 N–H and O–H groups in total. The van der Waals surface area contributed by atoms with Crippen LogP contribution >= 0.6 is 0 Å². The molecule has 0 aromatic heterocycles. The van der Waals surface area contributed by atoms with Crippen molar-refractivity contribution < 1.29 is 22.7 Å². The fraction of sp³-hybridized carbons (Fsp3) is 0.462. The average molecular weight is 327 g/mol. The number of piperazine rings is 1. The Hall–Kier alpha value is -1.84. The Kier molecular flexibility index (Phi) is 3.94. The molecule has 0 radical (unpaired) electrons.